The Balaban J connectivity index is 0. The Bertz CT molecular complexity index is 275. The van der Waals surface area contributed by atoms with Crippen molar-refractivity contribution in [2.75, 3.05) is 0 Å². The van der Waals surface area contributed by atoms with E-state index in [4.69, 9.17) is 5.11 Å². The molecule has 2 nitrogen and oxygen atoms in total. The first-order valence-corrected chi connectivity index (χ1v) is 7.93. The normalized spacial score (nSPS) is 14.8. The van der Waals surface area contributed by atoms with Crippen molar-refractivity contribution in [2.24, 2.45) is 17.8 Å². The first kappa shape index (κ1) is 21.7. The average molecular weight is 284 g/mol. The second-order valence-electron chi connectivity index (χ2n) is 6.76. The summed E-state index contributed by atoms with van der Waals surface area (Å²) < 4.78 is 0. The molecule has 0 aromatic carbocycles. The molecule has 0 radical (unpaired) electrons. The molecular weight excluding hydrogens is 248 g/mol. The molecule has 0 spiro atoms. The fourth-order valence-electron chi connectivity index (χ4n) is 1.39. The Hall–Kier alpha value is -0.630. The number of rotatable bonds is 7. The third-order valence-electron chi connectivity index (χ3n) is 3.47. The van der Waals surface area contributed by atoms with Crippen LogP contribution in [0.15, 0.2) is 11.6 Å². The zero-order chi connectivity index (χ0) is 16.3. The Labute approximate surface area is 126 Å². The number of Topliss-reactive ketones (excluding diaryl/α,β-unsaturated/α-hetero) is 1. The lowest BCUT2D eigenvalue weighted by molar-refractivity contribution is -0.113. The Morgan fingerprint density at radius 1 is 0.950 bits per heavy atom. The maximum Gasteiger partial charge on any atom is 0.155 e. The minimum Gasteiger partial charge on any atom is -0.393 e. The van der Waals surface area contributed by atoms with Crippen molar-refractivity contribution in [3.05, 3.63) is 11.6 Å². The van der Waals surface area contributed by atoms with Crippen molar-refractivity contribution in [2.45, 2.75) is 80.8 Å². The van der Waals surface area contributed by atoms with Crippen molar-refractivity contribution >= 4 is 5.78 Å². The molecule has 0 fully saturated rings. The summed E-state index contributed by atoms with van der Waals surface area (Å²) in [7, 11) is 0. The van der Waals surface area contributed by atoms with Gasteiger partial charge in [0.2, 0.25) is 0 Å². The molecule has 0 aromatic rings. The third kappa shape index (κ3) is 15.4. The number of carbonyl (C=O) groups excluding carboxylic acids is 1. The number of aliphatic hydroxyl groups is 1. The summed E-state index contributed by atoms with van der Waals surface area (Å²) in [6.45, 7) is 16.2. The summed E-state index contributed by atoms with van der Waals surface area (Å²) in [5, 5.41) is 9.13. The van der Waals surface area contributed by atoms with Crippen LogP contribution >= 0.6 is 0 Å². The lowest BCUT2D eigenvalue weighted by Gasteiger charge is -2.15. The van der Waals surface area contributed by atoms with Crippen molar-refractivity contribution in [1.29, 1.82) is 0 Å². The van der Waals surface area contributed by atoms with Gasteiger partial charge in [-0.15, -0.1) is 0 Å². The van der Waals surface area contributed by atoms with Gasteiger partial charge < -0.3 is 5.11 Å². The van der Waals surface area contributed by atoms with Crippen LogP contribution < -0.4 is 0 Å². The molecule has 1 N–H and O–H groups in total. The molecule has 0 aliphatic carbocycles. The standard InChI is InChI=1S/C9H20O.C9H16O/c2*1-7(2)5-6-8(3)9(4)10/h7-10H,5-6H2,1-4H3;6-7H,5H2,1-4H3/b;8-6+. The van der Waals surface area contributed by atoms with E-state index in [1.807, 2.05) is 19.9 Å². The van der Waals surface area contributed by atoms with Gasteiger partial charge in [-0.05, 0) is 56.9 Å². The van der Waals surface area contributed by atoms with E-state index < -0.39 is 0 Å². The van der Waals surface area contributed by atoms with E-state index in [-0.39, 0.29) is 11.9 Å². The summed E-state index contributed by atoms with van der Waals surface area (Å²) in [6, 6.07) is 0. The van der Waals surface area contributed by atoms with Crippen molar-refractivity contribution < 1.29 is 9.90 Å². The third-order valence-corrected chi connectivity index (χ3v) is 3.47. The van der Waals surface area contributed by atoms with E-state index in [0.717, 1.165) is 24.3 Å². The van der Waals surface area contributed by atoms with Gasteiger partial charge in [0.1, 0.15) is 0 Å². The van der Waals surface area contributed by atoms with Crippen LogP contribution in [0.25, 0.3) is 0 Å². The quantitative estimate of drug-likeness (QED) is 0.667. The highest BCUT2D eigenvalue weighted by Crippen LogP contribution is 2.14. The molecule has 2 atom stereocenters. The van der Waals surface area contributed by atoms with Gasteiger partial charge in [0.15, 0.2) is 5.78 Å². The van der Waals surface area contributed by atoms with Crippen LogP contribution in [0.5, 0.6) is 0 Å². The summed E-state index contributed by atoms with van der Waals surface area (Å²) in [5.74, 6) is 2.05. The minimum absolute atomic E-state index is 0.140. The van der Waals surface area contributed by atoms with E-state index in [9.17, 15) is 4.79 Å². The predicted octanol–water partition coefficient (Wildman–Crippen LogP) is 5.01. The molecule has 0 heterocycles. The molecule has 0 aromatic heterocycles. The number of allylic oxidation sites excluding steroid dienone is 2. The molecule has 2 unspecified atom stereocenters. The van der Waals surface area contributed by atoms with Gasteiger partial charge >= 0.3 is 0 Å². The maximum absolute atomic E-state index is 10.7. The van der Waals surface area contributed by atoms with Crippen molar-refractivity contribution in [3.8, 4) is 0 Å². The molecule has 0 aliphatic heterocycles. The van der Waals surface area contributed by atoms with Crippen LogP contribution in [0.4, 0.5) is 0 Å². The summed E-state index contributed by atoms with van der Waals surface area (Å²) in [5.41, 5.74) is 0.883. The van der Waals surface area contributed by atoms with Gasteiger partial charge in [0, 0.05) is 0 Å². The molecule has 120 valence electrons. The molecule has 0 bridgehead atoms. The van der Waals surface area contributed by atoms with Crippen molar-refractivity contribution in [1.82, 2.24) is 0 Å². The highest BCUT2D eigenvalue weighted by Gasteiger charge is 2.08. The largest absolute Gasteiger partial charge is 0.393 e. The fraction of sp³-hybridized carbons (Fsp3) is 0.833. The molecule has 0 aliphatic rings. The molecular formula is C18H36O2. The monoisotopic (exact) mass is 284 g/mol. The van der Waals surface area contributed by atoms with Gasteiger partial charge in [0.05, 0.1) is 6.10 Å². The number of aliphatic hydroxyl groups excluding tert-OH is 1. The molecule has 0 amide bonds. The maximum atomic E-state index is 10.7. The summed E-state index contributed by atoms with van der Waals surface area (Å²) in [6.07, 6.45) is 5.25. The number of carbonyl (C=O) groups is 1. The van der Waals surface area contributed by atoms with E-state index in [2.05, 4.69) is 34.6 Å². The highest BCUT2D eigenvalue weighted by molar-refractivity contribution is 5.92. The molecule has 2 heteroatoms. The van der Waals surface area contributed by atoms with Crippen LogP contribution in [-0.2, 0) is 4.79 Å². The zero-order valence-corrected chi connectivity index (χ0v) is 14.9. The summed E-state index contributed by atoms with van der Waals surface area (Å²) in [4.78, 5) is 10.7. The van der Waals surface area contributed by atoms with Gasteiger partial charge in [-0.2, -0.15) is 0 Å². The first-order chi connectivity index (χ1) is 9.07. The minimum atomic E-state index is -0.140. The average Bonchev–Trinajstić information content (AvgIpc) is 2.33. The molecule has 0 saturated heterocycles. The van der Waals surface area contributed by atoms with Gasteiger partial charge in [-0.3, -0.25) is 4.79 Å². The van der Waals surface area contributed by atoms with E-state index in [1.54, 1.807) is 6.92 Å². The lowest BCUT2D eigenvalue weighted by atomic mass is 9.96. The van der Waals surface area contributed by atoms with Crippen LogP contribution in [-0.4, -0.2) is 17.0 Å². The first-order valence-electron chi connectivity index (χ1n) is 7.93. The topological polar surface area (TPSA) is 37.3 Å². The predicted molar refractivity (Wildman–Crippen MR) is 88.8 cm³/mol. The van der Waals surface area contributed by atoms with Gasteiger partial charge in [-0.1, -0.05) is 47.1 Å². The van der Waals surface area contributed by atoms with Gasteiger partial charge in [0.25, 0.3) is 0 Å². The second kappa shape index (κ2) is 12.1. The van der Waals surface area contributed by atoms with Crippen LogP contribution in [0.1, 0.15) is 74.7 Å². The zero-order valence-electron chi connectivity index (χ0n) is 14.9. The van der Waals surface area contributed by atoms with Crippen molar-refractivity contribution in [3.63, 3.8) is 0 Å². The van der Waals surface area contributed by atoms with E-state index >= 15 is 0 Å². The smallest absolute Gasteiger partial charge is 0.155 e. The van der Waals surface area contributed by atoms with E-state index in [1.165, 1.54) is 6.42 Å². The second-order valence-corrected chi connectivity index (χ2v) is 6.76. The molecule has 0 rings (SSSR count). The SMILES string of the molecule is CC(=O)/C(C)=C/CC(C)C.CC(C)CCC(C)C(C)O. The Morgan fingerprint density at radius 3 is 1.75 bits per heavy atom. The van der Waals surface area contributed by atoms with E-state index in [0.29, 0.717) is 11.8 Å². The van der Waals surface area contributed by atoms with Crippen LogP contribution in [0.2, 0.25) is 0 Å². The van der Waals surface area contributed by atoms with Gasteiger partial charge in [-0.25, -0.2) is 0 Å². The van der Waals surface area contributed by atoms with Crippen LogP contribution in [0, 0.1) is 17.8 Å². The lowest BCUT2D eigenvalue weighted by Crippen LogP contribution is -2.13. The number of hydrogen-bond acceptors (Lipinski definition) is 2. The Kier molecular flexibility index (Phi) is 13.1. The molecule has 0 saturated carbocycles. The fourth-order valence-corrected chi connectivity index (χ4v) is 1.39. The van der Waals surface area contributed by atoms with Crippen LogP contribution in [0.3, 0.4) is 0 Å². The highest BCUT2D eigenvalue weighted by atomic mass is 16.3. The number of ketones is 1. The molecule has 20 heavy (non-hydrogen) atoms. The number of hydrogen-bond donors (Lipinski definition) is 1. The summed E-state index contributed by atoms with van der Waals surface area (Å²) >= 11 is 0. The Morgan fingerprint density at radius 2 is 1.45 bits per heavy atom.